The summed E-state index contributed by atoms with van der Waals surface area (Å²) in [5.41, 5.74) is 2.00. The summed E-state index contributed by atoms with van der Waals surface area (Å²) in [6.45, 7) is 0.539. The third-order valence-electron chi connectivity index (χ3n) is 6.02. The van der Waals surface area contributed by atoms with E-state index in [4.69, 9.17) is 24.6 Å². The SMILES string of the molecule is CN(C)c1nc(NC2CCC(NC(=O)COCc3ccccc3)CC2)nc2ccccc12.O=C(O)C(F)(F)F. The minimum absolute atomic E-state index is 0.0502. The van der Waals surface area contributed by atoms with Crippen LogP contribution in [0.15, 0.2) is 54.6 Å². The topological polar surface area (TPSA) is 117 Å². The maximum atomic E-state index is 12.2. The van der Waals surface area contributed by atoms with E-state index in [0.29, 0.717) is 18.6 Å². The number of carboxylic acid groups (broad SMARTS) is 1. The molecule has 1 saturated carbocycles. The minimum Gasteiger partial charge on any atom is -0.475 e. The Labute approximate surface area is 224 Å². The normalized spacial score (nSPS) is 17.1. The van der Waals surface area contributed by atoms with Crippen LogP contribution < -0.4 is 15.5 Å². The molecule has 1 aromatic heterocycles. The van der Waals surface area contributed by atoms with Crippen LogP contribution in [0.4, 0.5) is 24.9 Å². The molecule has 1 aliphatic carbocycles. The number of rotatable bonds is 8. The Balaban J connectivity index is 0.000000532. The Kier molecular flexibility index (Phi) is 10.4. The van der Waals surface area contributed by atoms with Gasteiger partial charge in [0.05, 0.1) is 12.1 Å². The highest BCUT2D eigenvalue weighted by atomic mass is 19.4. The van der Waals surface area contributed by atoms with Crippen LogP contribution in [-0.4, -0.2) is 65.9 Å². The first-order valence-electron chi connectivity index (χ1n) is 12.4. The molecule has 1 heterocycles. The smallest absolute Gasteiger partial charge is 0.475 e. The van der Waals surface area contributed by atoms with Crippen molar-refractivity contribution in [3.8, 4) is 0 Å². The summed E-state index contributed by atoms with van der Waals surface area (Å²) >= 11 is 0. The lowest BCUT2D eigenvalue weighted by Gasteiger charge is -2.30. The van der Waals surface area contributed by atoms with E-state index in [-0.39, 0.29) is 18.6 Å². The highest BCUT2D eigenvalue weighted by Crippen LogP contribution is 2.26. The fourth-order valence-corrected chi connectivity index (χ4v) is 4.14. The zero-order valence-electron chi connectivity index (χ0n) is 21.7. The van der Waals surface area contributed by atoms with Crippen LogP contribution in [0, 0.1) is 0 Å². The first-order valence-corrected chi connectivity index (χ1v) is 12.4. The Morgan fingerprint density at radius 2 is 1.56 bits per heavy atom. The number of aliphatic carboxylic acids is 1. The molecule has 0 spiro atoms. The van der Waals surface area contributed by atoms with Crippen molar-refractivity contribution in [3.63, 3.8) is 0 Å². The number of hydrogen-bond acceptors (Lipinski definition) is 7. The average molecular weight is 548 g/mol. The van der Waals surface area contributed by atoms with Crippen LogP contribution in [0.1, 0.15) is 31.2 Å². The minimum atomic E-state index is -5.08. The molecule has 0 atom stereocenters. The number of fused-ring (bicyclic) bond motifs is 1. The Morgan fingerprint density at radius 1 is 0.974 bits per heavy atom. The van der Waals surface area contributed by atoms with E-state index >= 15 is 0 Å². The van der Waals surface area contributed by atoms with Crippen molar-refractivity contribution in [1.29, 1.82) is 0 Å². The number of carboxylic acids is 1. The highest BCUT2D eigenvalue weighted by Gasteiger charge is 2.38. The second-order valence-electron chi connectivity index (χ2n) is 9.32. The lowest BCUT2D eigenvalue weighted by Crippen LogP contribution is -2.41. The maximum absolute atomic E-state index is 12.2. The van der Waals surface area contributed by atoms with Crippen molar-refractivity contribution in [2.45, 2.75) is 50.6 Å². The summed E-state index contributed by atoms with van der Waals surface area (Å²) in [5, 5.41) is 14.8. The van der Waals surface area contributed by atoms with Gasteiger partial charge >= 0.3 is 12.1 Å². The molecule has 0 aliphatic heterocycles. The molecule has 2 aromatic carbocycles. The maximum Gasteiger partial charge on any atom is 0.490 e. The van der Waals surface area contributed by atoms with E-state index in [0.717, 1.165) is 48.0 Å². The number of nitrogens with one attached hydrogen (secondary N) is 2. The van der Waals surface area contributed by atoms with Gasteiger partial charge in [-0.2, -0.15) is 18.2 Å². The van der Waals surface area contributed by atoms with Crippen LogP contribution in [0.25, 0.3) is 10.9 Å². The van der Waals surface area contributed by atoms with Gasteiger partial charge in [0.15, 0.2) is 0 Å². The number of carbonyl (C=O) groups is 2. The van der Waals surface area contributed by atoms with Gasteiger partial charge in [-0.3, -0.25) is 4.79 Å². The molecular formula is C27H32F3N5O4. The van der Waals surface area contributed by atoms with Crippen LogP contribution in [0.3, 0.4) is 0 Å². The monoisotopic (exact) mass is 547 g/mol. The fraction of sp³-hybridized carbons (Fsp3) is 0.407. The van der Waals surface area contributed by atoms with Crippen LogP contribution in [-0.2, 0) is 20.9 Å². The third kappa shape index (κ3) is 9.40. The van der Waals surface area contributed by atoms with E-state index in [9.17, 15) is 18.0 Å². The number of carbonyl (C=O) groups excluding carboxylic acids is 1. The van der Waals surface area contributed by atoms with Crippen molar-refractivity contribution in [2.24, 2.45) is 0 Å². The van der Waals surface area contributed by atoms with E-state index in [1.54, 1.807) is 0 Å². The van der Waals surface area contributed by atoms with Crippen molar-refractivity contribution in [2.75, 3.05) is 30.9 Å². The molecule has 4 rings (SSSR count). The Morgan fingerprint density at radius 3 is 2.18 bits per heavy atom. The molecule has 0 unspecified atom stereocenters. The lowest BCUT2D eigenvalue weighted by molar-refractivity contribution is -0.192. The van der Waals surface area contributed by atoms with Gasteiger partial charge in [-0.05, 0) is 43.4 Å². The molecule has 0 radical (unpaired) electrons. The molecule has 1 fully saturated rings. The number of nitrogens with zero attached hydrogens (tertiary/aromatic N) is 3. The average Bonchev–Trinajstić information content (AvgIpc) is 2.90. The first-order chi connectivity index (χ1) is 18.5. The van der Waals surface area contributed by atoms with E-state index < -0.39 is 12.1 Å². The fourth-order valence-electron chi connectivity index (χ4n) is 4.14. The lowest BCUT2D eigenvalue weighted by atomic mass is 9.91. The second-order valence-corrected chi connectivity index (χ2v) is 9.32. The van der Waals surface area contributed by atoms with Crippen molar-refractivity contribution in [3.05, 3.63) is 60.2 Å². The van der Waals surface area contributed by atoms with Gasteiger partial charge in [0.1, 0.15) is 12.4 Å². The number of amides is 1. The van der Waals surface area contributed by atoms with Gasteiger partial charge in [-0.1, -0.05) is 42.5 Å². The summed E-state index contributed by atoms with van der Waals surface area (Å²) in [5.74, 6) is -1.23. The van der Waals surface area contributed by atoms with Gasteiger partial charge in [0.2, 0.25) is 11.9 Å². The number of alkyl halides is 3. The summed E-state index contributed by atoms with van der Waals surface area (Å²) < 4.78 is 37.3. The molecule has 0 bridgehead atoms. The summed E-state index contributed by atoms with van der Waals surface area (Å²) in [4.78, 5) is 32.6. The standard InChI is InChI=1S/C25H31N5O2.C2HF3O2/c1-30(2)24-21-10-6-7-11-22(21)28-25(29-24)27-20-14-12-19(13-15-20)26-23(31)17-32-16-18-8-4-3-5-9-18;3-2(4,5)1(6)7/h3-11,19-20H,12-17H2,1-2H3,(H,26,31)(H,27,28,29);(H,6,7). The predicted molar refractivity (Wildman–Crippen MR) is 141 cm³/mol. The summed E-state index contributed by atoms with van der Waals surface area (Å²) in [6, 6.07) is 18.4. The molecule has 1 aliphatic rings. The number of hydrogen-bond donors (Lipinski definition) is 3. The van der Waals surface area contributed by atoms with Gasteiger partial charge in [0, 0.05) is 31.6 Å². The van der Waals surface area contributed by atoms with E-state index in [1.807, 2.05) is 73.6 Å². The van der Waals surface area contributed by atoms with Gasteiger partial charge in [-0.15, -0.1) is 0 Å². The van der Waals surface area contributed by atoms with Gasteiger partial charge in [0.25, 0.3) is 0 Å². The summed E-state index contributed by atoms with van der Waals surface area (Å²) in [7, 11) is 3.99. The van der Waals surface area contributed by atoms with Crippen LogP contribution >= 0.6 is 0 Å². The summed E-state index contributed by atoms with van der Waals surface area (Å²) in [6.07, 6.45) is -1.31. The predicted octanol–water partition coefficient (Wildman–Crippen LogP) is 4.39. The number of halogens is 3. The largest absolute Gasteiger partial charge is 0.490 e. The molecule has 210 valence electrons. The molecule has 3 aromatic rings. The molecule has 39 heavy (non-hydrogen) atoms. The molecule has 1 amide bonds. The van der Waals surface area contributed by atoms with Crippen molar-refractivity contribution < 1.29 is 32.6 Å². The number of anilines is 2. The zero-order valence-corrected chi connectivity index (χ0v) is 21.7. The van der Waals surface area contributed by atoms with Crippen LogP contribution in [0.5, 0.6) is 0 Å². The number of benzene rings is 2. The Hall–Kier alpha value is -3.93. The third-order valence-corrected chi connectivity index (χ3v) is 6.02. The highest BCUT2D eigenvalue weighted by molar-refractivity contribution is 5.90. The first kappa shape index (κ1) is 29.6. The van der Waals surface area contributed by atoms with E-state index in [1.165, 1.54) is 0 Å². The quantitative estimate of drug-likeness (QED) is 0.380. The van der Waals surface area contributed by atoms with Crippen LogP contribution in [0.2, 0.25) is 0 Å². The van der Waals surface area contributed by atoms with Gasteiger partial charge < -0.3 is 25.4 Å². The molecule has 12 heteroatoms. The Bertz CT molecular complexity index is 1230. The molecule has 3 N–H and O–H groups in total. The van der Waals surface area contributed by atoms with E-state index in [2.05, 4.69) is 10.6 Å². The number of para-hydroxylation sites is 1. The second kappa shape index (κ2) is 13.7. The molecule has 0 saturated heterocycles. The van der Waals surface area contributed by atoms with Gasteiger partial charge in [-0.25, -0.2) is 9.78 Å². The molecular weight excluding hydrogens is 515 g/mol. The zero-order chi connectivity index (χ0) is 28.4. The van der Waals surface area contributed by atoms with Crippen molar-refractivity contribution >= 4 is 34.5 Å². The number of aromatic nitrogens is 2. The number of ether oxygens (including phenoxy) is 1. The molecule has 9 nitrogen and oxygen atoms in total. The van der Waals surface area contributed by atoms with Crippen molar-refractivity contribution in [1.82, 2.24) is 15.3 Å².